The van der Waals surface area contributed by atoms with Gasteiger partial charge in [-0.05, 0) is 44.5 Å². The van der Waals surface area contributed by atoms with Crippen LogP contribution in [-0.4, -0.2) is 55.0 Å². The van der Waals surface area contributed by atoms with Crippen LogP contribution >= 0.6 is 0 Å². The topological polar surface area (TPSA) is 116 Å². The summed E-state index contributed by atoms with van der Waals surface area (Å²) in [6.45, 7) is 6.46. The minimum Gasteiger partial charge on any atom is -0.488 e. The molecule has 0 bridgehead atoms. The van der Waals surface area contributed by atoms with Crippen molar-refractivity contribution >= 4 is 33.1 Å². The number of carbonyl (C=O) groups excluding carboxylic acids is 1. The number of nitrogens with zero attached hydrogens (tertiary/aromatic N) is 3. The van der Waals surface area contributed by atoms with Crippen molar-refractivity contribution in [2.24, 2.45) is 7.05 Å². The molecule has 0 fully saturated rings. The molecule has 35 heavy (non-hydrogen) atoms. The number of unbranched alkanes of at least 4 members (excludes halogenated alkanes) is 1. The Kier molecular flexibility index (Phi) is 8.71. The Bertz CT molecular complexity index is 1310. The van der Waals surface area contributed by atoms with Crippen molar-refractivity contribution in [3.63, 3.8) is 0 Å². The lowest BCUT2D eigenvalue weighted by atomic mass is 10.2. The van der Waals surface area contributed by atoms with Gasteiger partial charge in [0.05, 0.1) is 17.8 Å². The number of aryl methyl sites for hydroxylation is 2. The fourth-order valence-electron chi connectivity index (χ4n) is 3.76. The Labute approximate surface area is 206 Å². The van der Waals surface area contributed by atoms with E-state index in [0.29, 0.717) is 30.0 Å². The van der Waals surface area contributed by atoms with Crippen molar-refractivity contribution in [2.75, 3.05) is 20.3 Å². The van der Waals surface area contributed by atoms with Crippen molar-refractivity contribution in [1.82, 2.24) is 23.8 Å². The molecule has 0 aliphatic heterocycles. The monoisotopic (exact) mass is 503 g/mol. The molecule has 0 radical (unpaired) electrons. The predicted octanol–water partition coefficient (Wildman–Crippen LogP) is 2.85. The van der Waals surface area contributed by atoms with Crippen molar-refractivity contribution in [3.8, 4) is 11.6 Å². The van der Waals surface area contributed by atoms with Crippen molar-refractivity contribution in [3.05, 3.63) is 47.8 Å². The average molecular weight is 504 g/mol. The van der Waals surface area contributed by atoms with Crippen molar-refractivity contribution in [1.29, 1.82) is 0 Å². The lowest BCUT2D eigenvalue weighted by Gasteiger charge is -2.14. The van der Waals surface area contributed by atoms with Gasteiger partial charge in [-0.3, -0.25) is 9.48 Å². The minimum atomic E-state index is -3.91. The number of hydrogen-bond acceptors (Lipinski definition) is 6. The molecular weight excluding hydrogens is 470 g/mol. The van der Waals surface area contributed by atoms with Gasteiger partial charge in [-0.1, -0.05) is 13.3 Å². The molecule has 1 aromatic carbocycles. The molecule has 3 aromatic rings. The second-order valence-electron chi connectivity index (χ2n) is 8.29. The summed E-state index contributed by atoms with van der Waals surface area (Å²) in [5.41, 5.74) is 2.28. The maximum Gasteiger partial charge on any atom is 0.301 e. The summed E-state index contributed by atoms with van der Waals surface area (Å²) in [7, 11) is -0.467. The molecular formula is C24H33N5O5S. The number of amides is 1. The van der Waals surface area contributed by atoms with E-state index >= 15 is 0 Å². The molecule has 2 heterocycles. The van der Waals surface area contributed by atoms with Gasteiger partial charge < -0.3 is 14.0 Å². The first-order valence-electron chi connectivity index (χ1n) is 11.4. The summed E-state index contributed by atoms with van der Waals surface area (Å²) in [5.74, 6) is 0.689. The molecule has 2 aromatic heterocycles. The zero-order valence-electron chi connectivity index (χ0n) is 20.7. The fourth-order valence-corrected chi connectivity index (χ4v) is 4.57. The summed E-state index contributed by atoms with van der Waals surface area (Å²) >= 11 is 0. The summed E-state index contributed by atoms with van der Waals surface area (Å²) < 4.78 is 43.2. The van der Waals surface area contributed by atoms with E-state index in [4.69, 9.17) is 9.47 Å². The first-order chi connectivity index (χ1) is 16.6. The first-order valence-corrected chi connectivity index (χ1v) is 12.9. The van der Waals surface area contributed by atoms with Crippen LogP contribution in [0.4, 0.5) is 0 Å². The molecule has 0 aliphatic carbocycles. The van der Waals surface area contributed by atoms with Gasteiger partial charge in [-0.2, -0.15) is 18.2 Å². The third kappa shape index (κ3) is 6.71. The van der Waals surface area contributed by atoms with Crippen LogP contribution in [0.2, 0.25) is 0 Å². The second-order valence-corrected chi connectivity index (χ2v) is 9.79. The maximum absolute atomic E-state index is 12.3. The number of ether oxygens (including phenoxy) is 2. The Morgan fingerprint density at radius 3 is 2.77 bits per heavy atom. The molecule has 10 nitrogen and oxygen atoms in total. The molecule has 0 saturated heterocycles. The van der Waals surface area contributed by atoms with Gasteiger partial charge in [0.1, 0.15) is 17.7 Å². The smallest absolute Gasteiger partial charge is 0.301 e. The summed E-state index contributed by atoms with van der Waals surface area (Å²) in [5, 5.41) is 5.51. The molecule has 1 atom stereocenters. The number of nitrogens with one attached hydrogen (secondary N) is 2. The van der Waals surface area contributed by atoms with Crippen LogP contribution < -0.4 is 14.2 Å². The van der Waals surface area contributed by atoms with Crippen LogP contribution in [-0.2, 0) is 26.8 Å². The Balaban J connectivity index is 1.89. The standard InChI is InChI=1S/C24H33N5O5S/c1-6-7-13-25-35(31,32)27-23(30)11-10-21-18(3)26-28(4)24(21)29-14-12-19-8-9-20(15-22(19)29)34-17(2)16-33-5/h8-12,14-15,17,25H,6-7,13,16H2,1-5H3,(H,27,30)/b11-10+. The normalized spacial score (nSPS) is 12.9. The number of rotatable bonds is 12. The van der Waals surface area contributed by atoms with Gasteiger partial charge in [0.2, 0.25) is 0 Å². The van der Waals surface area contributed by atoms with E-state index in [9.17, 15) is 13.2 Å². The highest BCUT2D eigenvalue weighted by Gasteiger charge is 2.17. The van der Waals surface area contributed by atoms with Gasteiger partial charge in [0.25, 0.3) is 5.91 Å². The van der Waals surface area contributed by atoms with E-state index in [2.05, 4.69) is 9.82 Å². The molecule has 0 spiro atoms. The Morgan fingerprint density at radius 1 is 1.29 bits per heavy atom. The van der Waals surface area contributed by atoms with Crippen LogP contribution in [0, 0.1) is 6.92 Å². The highest BCUT2D eigenvalue weighted by molar-refractivity contribution is 7.88. The fraction of sp³-hybridized carbons (Fsp3) is 0.417. The van der Waals surface area contributed by atoms with Crippen molar-refractivity contribution < 1.29 is 22.7 Å². The minimum absolute atomic E-state index is 0.107. The molecule has 11 heteroatoms. The molecule has 3 rings (SSSR count). The van der Waals surface area contributed by atoms with Crippen molar-refractivity contribution in [2.45, 2.75) is 39.7 Å². The van der Waals surface area contributed by atoms with Crippen LogP contribution in [0.3, 0.4) is 0 Å². The SMILES string of the molecule is CCCCNS(=O)(=O)NC(=O)/C=C/c1c(C)nn(C)c1-n1ccc2ccc(OC(C)COC)cc21. The lowest BCUT2D eigenvalue weighted by Crippen LogP contribution is -2.39. The first kappa shape index (κ1) is 26.5. The van der Waals surface area contributed by atoms with Gasteiger partial charge >= 0.3 is 10.2 Å². The number of carbonyl (C=O) groups is 1. The highest BCUT2D eigenvalue weighted by atomic mass is 32.2. The third-order valence-corrected chi connectivity index (χ3v) is 6.38. The van der Waals surface area contributed by atoms with E-state index in [1.165, 1.54) is 6.08 Å². The third-order valence-electron chi connectivity index (χ3n) is 5.33. The summed E-state index contributed by atoms with van der Waals surface area (Å²) in [4.78, 5) is 12.3. The highest BCUT2D eigenvalue weighted by Crippen LogP contribution is 2.28. The zero-order valence-corrected chi connectivity index (χ0v) is 21.6. The van der Waals surface area contributed by atoms with E-state index in [-0.39, 0.29) is 12.6 Å². The number of hydrogen-bond donors (Lipinski definition) is 2. The maximum atomic E-state index is 12.3. The zero-order chi connectivity index (χ0) is 25.6. The Hall–Kier alpha value is -3.15. The van der Waals surface area contributed by atoms with Crippen LogP contribution in [0.1, 0.15) is 37.9 Å². The molecule has 2 N–H and O–H groups in total. The van der Waals surface area contributed by atoms with Crippen LogP contribution in [0.25, 0.3) is 22.8 Å². The molecule has 1 amide bonds. The number of fused-ring (bicyclic) bond motifs is 1. The Morgan fingerprint density at radius 2 is 2.06 bits per heavy atom. The molecule has 1 unspecified atom stereocenters. The predicted molar refractivity (Wildman–Crippen MR) is 136 cm³/mol. The number of methoxy groups -OCH3 is 1. The number of benzene rings is 1. The second kappa shape index (κ2) is 11.5. The largest absolute Gasteiger partial charge is 0.488 e. The van der Waals surface area contributed by atoms with Gasteiger partial charge in [0.15, 0.2) is 0 Å². The van der Waals surface area contributed by atoms with Crippen LogP contribution in [0.5, 0.6) is 5.75 Å². The lowest BCUT2D eigenvalue weighted by molar-refractivity contribution is -0.114. The van der Waals surface area contributed by atoms with E-state index < -0.39 is 16.1 Å². The summed E-state index contributed by atoms with van der Waals surface area (Å²) in [6.07, 6.45) is 6.10. The van der Waals surface area contributed by atoms with Gasteiger partial charge in [0, 0.05) is 50.0 Å². The average Bonchev–Trinajstić information content (AvgIpc) is 3.31. The molecule has 190 valence electrons. The summed E-state index contributed by atoms with van der Waals surface area (Å²) in [6, 6.07) is 7.81. The van der Waals surface area contributed by atoms with E-state index in [0.717, 1.165) is 23.1 Å². The van der Waals surface area contributed by atoms with E-state index in [1.807, 2.05) is 67.6 Å². The molecule has 0 saturated carbocycles. The van der Waals surface area contributed by atoms with Gasteiger partial charge in [-0.25, -0.2) is 4.72 Å². The quantitative estimate of drug-likeness (QED) is 0.290. The van der Waals surface area contributed by atoms with Gasteiger partial charge in [-0.15, -0.1) is 0 Å². The molecule has 0 aliphatic rings. The number of aromatic nitrogens is 3. The van der Waals surface area contributed by atoms with E-state index in [1.54, 1.807) is 17.9 Å². The van der Waals surface area contributed by atoms with Crippen LogP contribution in [0.15, 0.2) is 36.5 Å².